The molecule has 0 aromatic heterocycles. The average Bonchev–Trinajstić information content (AvgIpc) is 2.66. The SMILES string of the molecule is Nc1cc2c(c3c1=CC=C3)C=CC=2. The Kier molecular flexibility index (Phi) is 1.10. The summed E-state index contributed by atoms with van der Waals surface area (Å²) in [5, 5.41) is 2.40. The molecule has 0 saturated heterocycles. The van der Waals surface area contributed by atoms with Crippen LogP contribution < -0.4 is 16.2 Å². The van der Waals surface area contributed by atoms with Crippen LogP contribution in [0.4, 0.5) is 5.69 Å². The Morgan fingerprint density at radius 1 is 0.923 bits per heavy atom. The van der Waals surface area contributed by atoms with Crippen molar-refractivity contribution < 1.29 is 0 Å². The number of hydrogen-bond acceptors (Lipinski definition) is 1. The summed E-state index contributed by atoms with van der Waals surface area (Å²) in [5.41, 5.74) is 9.36. The third-order valence-corrected chi connectivity index (χ3v) is 2.58. The van der Waals surface area contributed by atoms with Gasteiger partial charge in [-0.1, -0.05) is 36.5 Å². The molecule has 2 aliphatic carbocycles. The van der Waals surface area contributed by atoms with Crippen molar-refractivity contribution in [2.24, 2.45) is 0 Å². The van der Waals surface area contributed by atoms with Gasteiger partial charge in [-0.3, -0.25) is 0 Å². The van der Waals surface area contributed by atoms with Crippen molar-refractivity contribution in [2.45, 2.75) is 0 Å². The van der Waals surface area contributed by atoms with Gasteiger partial charge in [0.2, 0.25) is 0 Å². The van der Waals surface area contributed by atoms with Crippen LogP contribution in [-0.4, -0.2) is 0 Å². The van der Waals surface area contributed by atoms with E-state index in [4.69, 9.17) is 5.73 Å². The quantitative estimate of drug-likeness (QED) is 0.570. The molecule has 1 nitrogen and oxygen atoms in total. The summed E-state index contributed by atoms with van der Waals surface area (Å²) in [6.07, 6.45) is 12.5. The third-order valence-electron chi connectivity index (χ3n) is 2.58. The van der Waals surface area contributed by atoms with Crippen molar-refractivity contribution in [2.75, 3.05) is 5.73 Å². The van der Waals surface area contributed by atoms with E-state index in [0.29, 0.717) is 0 Å². The van der Waals surface area contributed by atoms with Crippen molar-refractivity contribution in [1.82, 2.24) is 0 Å². The highest BCUT2D eigenvalue weighted by Gasteiger charge is 2.08. The Morgan fingerprint density at radius 2 is 1.69 bits per heavy atom. The van der Waals surface area contributed by atoms with Crippen LogP contribution >= 0.6 is 0 Å². The lowest BCUT2D eigenvalue weighted by Crippen LogP contribution is -2.18. The highest BCUT2D eigenvalue weighted by molar-refractivity contribution is 5.82. The van der Waals surface area contributed by atoms with E-state index in [-0.39, 0.29) is 0 Å². The van der Waals surface area contributed by atoms with Gasteiger partial charge in [0.1, 0.15) is 0 Å². The van der Waals surface area contributed by atoms with E-state index < -0.39 is 0 Å². The molecule has 0 bridgehead atoms. The number of nitrogens with two attached hydrogens (primary N) is 1. The van der Waals surface area contributed by atoms with Crippen molar-refractivity contribution in [3.63, 3.8) is 0 Å². The molecule has 1 heteroatoms. The predicted octanol–water partition coefficient (Wildman–Crippen LogP) is 0.883. The van der Waals surface area contributed by atoms with E-state index in [0.717, 1.165) is 5.69 Å². The van der Waals surface area contributed by atoms with E-state index in [1.807, 2.05) is 12.1 Å². The van der Waals surface area contributed by atoms with Gasteiger partial charge in [-0.05, 0) is 22.4 Å². The largest absolute Gasteiger partial charge is 0.398 e. The van der Waals surface area contributed by atoms with Gasteiger partial charge in [-0.2, -0.15) is 0 Å². The normalized spacial score (nSPS) is 15.1. The first-order valence-corrected chi connectivity index (χ1v) is 4.35. The maximum atomic E-state index is 5.93. The lowest BCUT2D eigenvalue weighted by Gasteiger charge is -2.02. The van der Waals surface area contributed by atoms with E-state index in [1.54, 1.807) is 0 Å². The van der Waals surface area contributed by atoms with Gasteiger partial charge in [-0.15, -0.1) is 0 Å². The van der Waals surface area contributed by atoms with Gasteiger partial charge in [-0.25, -0.2) is 0 Å². The zero-order valence-corrected chi connectivity index (χ0v) is 7.12. The van der Waals surface area contributed by atoms with Gasteiger partial charge >= 0.3 is 0 Å². The fourth-order valence-corrected chi connectivity index (χ4v) is 1.96. The standard InChI is InChI=1S/C12H9N/c13-12-7-8-3-1-4-9(8)10-5-2-6-11(10)12/h1-7H,13H2. The summed E-state index contributed by atoms with van der Waals surface area (Å²) in [5.74, 6) is 0. The van der Waals surface area contributed by atoms with Crippen LogP contribution in [0.2, 0.25) is 0 Å². The Balaban J connectivity index is 2.58. The minimum Gasteiger partial charge on any atom is -0.398 e. The van der Waals surface area contributed by atoms with Crippen LogP contribution in [0.1, 0.15) is 11.1 Å². The highest BCUT2D eigenvalue weighted by atomic mass is 14.5. The number of rotatable bonds is 0. The van der Waals surface area contributed by atoms with Gasteiger partial charge in [0.05, 0.1) is 0 Å². The van der Waals surface area contributed by atoms with E-state index >= 15 is 0 Å². The number of fused-ring (bicyclic) bond motifs is 3. The van der Waals surface area contributed by atoms with E-state index in [2.05, 4.69) is 30.4 Å². The lowest BCUT2D eigenvalue weighted by atomic mass is 10.0. The molecule has 0 heterocycles. The zero-order valence-electron chi connectivity index (χ0n) is 7.12. The number of anilines is 1. The molecule has 0 amide bonds. The zero-order chi connectivity index (χ0) is 8.84. The highest BCUT2D eigenvalue weighted by Crippen LogP contribution is 2.14. The predicted molar refractivity (Wildman–Crippen MR) is 57.1 cm³/mol. The molecule has 1 aromatic rings. The molecule has 1 aromatic carbocycles. The number of benzene rings is 1. The van der Waals surface area contributed by atoms with Crippen molar-refractivity contribution >= 4 is 30.0 Å². The van der Waals surface area contributed by atoms with Gasteiger partial charge in [0.15, 0.2) is 0 Å². The van der Waals surface area contributed by atoms with Gasteiger partial charge < -0.3 is 5.73 Å². The summed E-state index contributed by atoms with van der Waals surface area (Å²) >= 11 is 0. The molecule has 2 aliphatic rings. The van der Waals surface area contributed by atoms with Gasteiger partial charge in [0, 0.05) is 10.9 Å². The second-order valence-electron chi connectivity index (χ2n) is 3.35. The molecule has 0 radical (unpaired) electrons. The van der Waals surface area contributed by atoms with Crippen molar-refractivity contribution in [1.29, 1.82) is 0 Å². The molecule has 62 valence electrons. The second kappa shape index (κ2) is 2.13. The molecule has 13 heavy (non-hydrogen) atoms. The molecule has 0 unspecified atom stereocenters. The minimum atomic E-state index is 0.874. The maximum absolute atomic E-state index is 5.93. The number of allylic oxidation sites excluding steroid dienone is 2. The van der Waals surface area contributed by atoms with Gasteiger partial charge in [0.25, 0.3) is 0 Å². The minimum absolute atomic E-state index is 0.874. The summed E-state index contributed by atoms with van der Waals surface area (Å²) in [6, 6.07) is 2.04. The molecule has 0 fully saturated rings. The number of nitrogen functional groups attached to an aromatic ring is 1. The molecular weight excluding hydrogens is 158 g/mol. The second-order valence-corrected chi connectivity index (χ2v) is 3.35. The molecule has 0 atom stereocenters. The molecular formula is C12H9N. The van der Waals surface area contributed by atoms with E-state index in [1.165, 1.54) is 21.6 Å². The summed E-state index contributed by atoms with van der Waals surface area (Å²) in [4.78, 5) is 0. The van der Waals surface area contributed by atoms with Crippen LogP contribution in [0, 0.1) is 0 Å². The van der Waals surface area contributed by atoms with Crippen LogP contribution in [0.15, 0.2) is 18.2 Å². The van der Waals surface area contributed by atoms with Crippen LogP contribution in [0.3, 0.4) is 0 Å². The van der Waals surface area contributed by atoms with Crippen LogP contribution in [-0.2, 0) is 0 Å². The Bertz CT molecular complexity index is 560. The molecule has 2 N–H and O–H groups in total. The molecule has 3 rings (SSSR count). The topological polar surface area (TPSA) is 26.0 Å². The number of hydrogen-bond donors (Lipinski definition) is 1. The fraction of sp³-hybridized carbons (Fsp3) is 0. The first-order valence-electron chi connectivity index (χ1n) is 4.35. The smallest absolute Gasteiger partial charge is 0.0400 e. The monoisotopic (exact) mass is 167 g/mol. The molecule has 0 spiro atoms. The first kappa shape index (κ1) is 6.72. The fourth-order valence-electron chi connectivity index (χ4n) is 1.96. The Hall–Kier alpha value is -1.76. The average molecular weight is 167 g/mol. The Labute approximate surface area is 76.2 Å². The van der Waals surface area contributed by atoms with Crippen molar-refractivity contribution in [3.05, 3.63) is 39.8 Å². The molecule has 0 saturated carbocycles. The summed E-state index contributed by atoms with van der Waals surface area (Å²) in [7, 11) is 0. The molecule has 0 aliphatic heterocycles. The van der Waals surface area contributed by atoms with Crippen molar-refractivity contribution in [3.8, 4) is 0 Å². The Morgan fingerprint density at radius 3 is 2.62 bits per heavy atom. The third kappa shape index (κ3) is 0.760. The maximum Gasteiger partial charge on any atom is 0.0400 e. The van der Waals surface area contributed by atoms with Crippen LogP contribution in [0.25, 0.3) is 24.3 Å². The first-order chi connectivity index (χ1) is 6.36. The van der Waals surface area contributed by atoms with Crippen LogP contribution in [0.5, 0.6) is 0 Å². The lowest BCUT2D eigenvalue weighted by molar-refractivity contribution is 1.50. The summed E-state index contributed by atoms with van der Waals surface area (Å²) < 4.78 is 0. The van der Waals surface area contributed by atoms with E-state index in [9.17, 15) is 0 Å². The summed E-state index contributed by atoms with van der Waals surface area (Å²) in [6.45, 7) is 0.